The SMILES string of the molecule is O=c1ccn([C@H]2CC(CO)(CO)C[C@@H]2O)c(=O)[nH]1. The lowest BCUT2D eigenvalue weighted by Gasteiger charge is -2.23. The number of hydrogen-bond donors (Lipinski definition) is 4. The zero-order chi connectivity index (χ0) is 13.3. The lowest BCUT2D eigenvalue weighted by atomic mass is 9.88. The average molecular weight is 256 g/mol. The molecule has 1 aliphatic carbocycles. The van der Waals surface area contributed by atoms with E-state index in [-0.39, 0.29) is 26.1 Å². The summed E-state index contributed by atoms with van der Waals surface area (Å²) in [6.07, 6.45) is 0.983. The van der Waals surface area contributed by atoms with Gasteiger partial charge in [-0.3, -0.25) is 14.3 Å². The Labute approximate surface area is 102 Å². The molecule has 0 amide bonds. The predicted molar refractivity (Wildman–Crippen MR) is 62.2 cm³/mol. The first-order valence-corrected chi connectivity index (χ1v) is 5.72. The van der Waals surface area contributed by atoms with Crippen LogP contribution in [0.1, 0.15) is 18.9 Å². The third-order valence-electron chi connectivity index (χ3n) is 3.61. The van der Waals surface area contributed by atoms with E-state index in [1.54, 1.807) is 0 Å². The molecule has 7 nitrogen and oxygen atoms in total. The molecule has 100 valence electrons. The van der Waals surface area contributed by atoms with E-state index in [9.17, 15) is 24.9 Å². The first kappa shape index (κ1) is 13.0. The predicted octanol–water partition coefficient (Wildman–Crippen LogP) is -1.80. The number of hydrogen-bond acceptors (Lipinski definition) is 5. The first-order chi connectivity index (χ1) is 8.51. The van der Waals surface area contributed by atoms with Gasteiger partial charge in [0, 0.05) is 17.7 Å². The van der Waals surface area contributed by atoms with Gasteiger partial charge in [-0.1, -0.05) is 0 Å². The highest BCUT2D eigenvalue weighted by molar-refractivity contribution is 4.99. The topological polar surface area (TPSA) is 116 Å². The Hall–Kier alpha value is -1.44. The summed E-state index contributed by atoms with van der Waals surface area (Å²) in [5.41, 5.74) is -1.88. The van der Waals surface area contributed by atoms with E-state index in [0.717, 1.165) is 0 Å². The monoisotopic (exact) mass is 256 g/mol. The van der Waals surface area contributed by atoms with Gasteiger partial charge in [0.1, 0.15) is 0 Å². The average Bonchev–Trinajstić information content (AvgIpc) is 2.67. The molecule has 1 aromatic heterocycles. The quantitative estimate of drug-likeness (QED) is 0.509. The minimum atomic E-state index is -0.840. The van der Waals surface area contributed by atoms with Crippen LogP contribution in [0, 0.1) is 5.41 Å². The van der Waals surface area contributed by atoms with Crippen molar-refractivity contribution in [3.05, 3.63) is 33.1 Å². The van der Waals surface area contributed by atoms with Crippen LogP contribution in [0.3, 0.4) is 0 Å². The summed E-state index contributed by atoms with van der Waals surface area (Å²) >= 11 is 0. The van der Waals surface area contributed by atoms with E-state index in [1.807, 2.05) is 0 Å². The third kappa shape index (κ3) is 2.12. The smallest absolute Gasteiger partial charge is 0.328 e. The zero-order valence-corrected chi connectivity index (χ0v) is 9.74. The van der Waals surface area contributed by atoms with Crippen molar-refractivity contribution >= 4 is 0 Å². The standard InChI is InChI=1S/C11H16N2O5/c14-5-11(6-15)3-7(8(16)4-11)13-2-1-9(17)12-10(13)18/h1-2,7-8,14-16H,3-6H2,(H,12,17,18)/t7-,8-/m0/s1. The van der Waals surface area contributed by atoms with Crippen LogP contribution >= 0.6 is 0 Å². The molecule has 0 spiro atoms. The van der Waals surface area contributed by atoms with E-state index >= 15 is 0 Å². The van der Waals surface area contributed by atoms with Crippen molar-refractivity contribution in [1.29, 1.82) is 0 Å². The second kappa shape index (κ2) is 4.68. The van der Waals surface area contributed by atoms with Crippen molar-refractivity contribution in [3.63, 3.8) is 0 Å². The minimum Gasteiger partial charge on any atom is -0.396 e. The van der Waals surface area contributed by atoms with Crippen LogP contribution in [0.2, 0.25) is 0 Å². The second-order valence-corrected chi connectivity index (χ2v) is 4.88. The number of aromatic nitrogens is 2. The molecule has 0 saturated heterocycles. The maximum atomic E-state index is 11.6. The molecule has 0 unspecified atom stereocenters. The molecular formula is C11H16N2O5. The Morgan fingerprint density at radius 3 is 2.50 bits per heavy atom. The van der Waals surface area contributed by atoms with Gasteiger partial charge in [-0.05, 0) is 12.8 Å². The molecule has 1 aromatic rings. The van der Waals surface area contributed by atoms with Gasteiger partial charge in [-0.15, -0.1) is 0 Å². The summed E-state index contributed by atoms with van der Waals surface area (Å²) in [5, 5.41) is 28.6. The van der Waals surface area contributed by atoms with Crippen molar-refractivity contribution in [2.24, 2.45) is 5.41 Å². The van der Waals surface area contributed by atoms with Crippen molar-refractivity contribution in [3.8, 4) is 0 Å². The maximum Gasteiger partial charge on any atom is 0.328 e. The van der Waals surface area contributed by atoms with Crippen molar-refractivity contribution in [2.45, 2.75) is 25.0 Å². The summed E-state index contributed by atoms with van der Waals surface area (Å²) < 4.78 is 1.24. The van der Waals surface area contributed by atoms with Crippen LogP contribution in [0.4, 0.5) is 0 Å². The molecule has 18 heavy (non-hydrogen) atoms. The van der Waals surface area contributed by atoms with Gasteiger partial charge in [0.2, 0.25) is 0 Å². The van der Waals surface area contributed by atoms with Crippen LogP contribution < -0.4 is 11.2 Å². The van der Waals surface area contributed by atoms with Crippen LogP contribution in [-0.2, 0) is 0 Å². The number of aliphatic hydroxyl groups excluding tert-OH is 3. The molecular weight excluding hydrogens is 240 g/mol. The van der Waals surface area contributed by atoms with E-state index in [1.165, 1.54) is 16.8 Å². The fourth-order valence-electron chi connectivity index (χ4n) is 2.52. The molecule has 0 bridgehead atoms. The van der Waals surface area contributed by atoms with Gasteiger partial charge >= 0.3 is 5.69 Å². The molecule has 1 fully saturated rings. The number of aliphatic hydroxyl groups is 3. The largest absolute Gasteiger partial charge is 0.396 e. The molecule has 2 atom stereocenters. The van der Waals surface area contributed by atoms with Gasteiger partial charge in [-0.25, -0.2) is 4.79 Å². The van der Waals surface area contributed by atoms with E-state index in [2.05, 4.69) is 4.98 Å². The highest BCUT2D eigenvalue weighted by atomic mass is 16.3. The summed E-state index contributed by atoms with van der Waals surface area (Å²) in [4.78, 5) is 24.7. The maximum absolute atomic E-state index is 11.6. The lowest BCUT2D eigenvalue weighted by molar-refractivity contribution is 0.0466. The van der Waals surface area contributed by atoms with Gasteiger partial charge < -0.3 is 15.3 Å². The summed E-state index contributed by atoms with van der Waals surface area (Å²) in [5.74, 6) is 0. The van der Waals surface area contributed by atoms with E-state index in [4.69, 9.17) is 0 Å². The number of nitrogens with one attached hydrogen (secondary N) is 1. The summed E-state index contributed by atoms with van der Waals surface area (Å²) in [7, 11) is 0. The second-order valence-electron chi connectivity index (χ2n) is 4.88. The Morgan fingerprint density at radius 2 is 2.00 bits per heavy atom. The zero-order valence-electron chi connectivity index (χ0n) is 9.74. The highest BCUT2D eigenvalue weighted by Crippen LogP contribution is 2.43. The normalized spacial score (nSPS) is 26.4. The molecule has 0 aliphatic heterocycles. The van der Waals surface area contributed by atoms with Gasteiger partial charge in [-0.2, -0.15) is 0 Å². The van der Waals surface area contributed by atoms with Crippen molar-refractivity contribution < 1.29 is 15.3 Å². The van der Waals surface area contributed by atoms with Crippen molar-refractivity contribution in [2.75, 3.05) is 13.2 Å². The first-order valence-electron chi connectivity index (χ1n) is 5.72. The molecule has 1 saturated carbocycles. The Morgan fingerprint density at radius 1 is 1.33 bits per heavy atom. The minimum absolute atomic E-state index is 0.218. The molecule has 0 aromatic carbocycles. The molecule has 1 heterocycles. The lowest BCUT2D eigenvalue weighted by Crippen LogP contribution is -2.34. The fourth-order valence-corrected chi connectivity index (χ4v) is 2.52. The molecule has 0 radical (unpaired) electrons. The Kier molecular flexibility index (Phi) is 3.38. The third-order valence-corrected chi connectivity index (χ3v) is 3.61. The number of H-pyrrole nitrogens is 1. The van der Waals surface area contributed by atoms with Crippen LogP contribution in [-0.4, -0.2) is 44.2 Å². The van der Waals surface area contributed by atoms with Crippen molar-refractivity contribution in [1.82, 2.24) is 9.55 Å². The summed E-state index contributed by atoms with van der Waals surface area (Å²) in [6.45, 7) is -0.510. The molecule has 4 N–H and O–H groups in total. The van der Waals surface area contributed by atoms with Gasteiger partial charge in [0.05, 0.1) is 25.4 Å². The van der Waals surface area contributed by atoms with E-state index in [0.29, 0.717) is 0 Å². The molecule has 2 rings (SSSR count). The van der Waals surface area contributed by atoms with Crippen LogP contribution in [0.15, 0.2) is 21.9 Å². The molecule has 1 aliphatic rings. The Balaban J connectivity index is 2.35. The molecule has 7 heteroatoms. The van der Waals surface area contributed by atoms with Crippen LogP contribution in [0.25, 0.3) is 0 Å². The highest BCUT2D eigenvalue weighted by Gasteiger charge is 2.45. The number of aromatic amines is 1. The number of rotatable bonds is 3. The van der Waals surface area contributed by atoms with E-state index < -0.39 is 28.8 Å². The number of nitrogens with zero attached hydrogens (tertiary/aromatic N) is 1. The van der Waals surface area contributed by atoms with Gasteiger partial charge in [0.25, 0.3) is 5.56 Å². The van der Waals surface area contributed by atoms with Gasteiger partial charge in [0.15, 0.2) is 0 Å². The van der Waals surface area contributed by atoms with Crippen LogP contribution in [0.5, 0.6) is 0 Å². The summed E-state index contributed by atoms with van der Waals surface area (Å²) in [6, 6.07) is 0.653. The fraction of sp³-hybridized carbons (Fsp3) is 0.636. The Bertz CT molecular complexity index is 531.